The van der Waals surface area contributed by atoms with Crippen LogP contribution in [0.2, 0.25) is 0 Å². The first kappa shape index (κ1) is 15.3. The zero-order valence-electron chi connectivity index (χ0n) is 12.6. The minimum Gasteiger partial charge on any atom is -0.449 e. The molecule has 2 aromatic rings. The molecule has 0 saturated heterocycles. The Kier molecular flexibility index (Phi) is 3.70. The van der Waals surface area contributed by atoms with E-state index in [1.165, 1.54) is 0 Å². The molecule has 4 nitrogen and oxygen atoms in total. The van der Waals surface area contributed by atoms with Crippen LogP contribution in [0.1, 0.15) is 31.8 Å². The molecule has 0 heterocycles. The normalized spacial score (nSPS) is 14.0. The highest BCUT2D eigenvalue weighted by molar-refractivity contribution is 6.49. The number of rotatable bonds is 2. The van der Waals surface area contributed by atoms with Crippen LogP contribution in [0.5, 0.6) is 5.75 Å². The molecule has 0 radical (unpaired) electrons. The van der Waals surface area contributed by atoms with Gasteiger partial charge in [-0.05, 0) is 31.0 Å². The summed E-state index contributed by atoms with van der Waals surface area (Å²) in [5, 5.41) is -0.229. The first-order chi connectivity index (χ1) is 10.9. The van der Waals surface area contributed by atoms with Crippen molar-refractivity contribution < 1.29 is 14.3 Å². The number of nitrogens with two attached hydrogens (primary N) is 1. The van der Waals surface area contributed by atoms with Gasteiger partial charge in [0.15, 0.2) is 11.5 Å². The van der Waals surface area contributed by atoms with E-state index in [2.05, 4.69) is 0 Å². The van der Waals surface area contributed by atoms with E-state index in [0.29, 0.717) is 11.4 Å². The van der Waals surface area contributed by atoms with E-state index in [1.807, 2.05) is 19.9 Å². The Balaban J connectivity index is 2.09. The molecule has 0 fully saturated rings. The number of allylic oxidation sites excluding steroid dienone is 2. The second-order valence-corrected chi connectivity index (χ2v) is 5.82. The number of hydrogen-bond acceptors (Lipinski definition) is 4. The van der Waals surface area contributed by atoms with Crippen LogP contribution in [0.15, 0.2) is 47.2 Å². The Hall–Kier alpha value is -2.59. The van der Waals surface area contributed by atoms with Crippen LogP contribution in [0, 0.1) is 13.8 Å². The maximum absolute atomic E-state index is 12.6. The Morgan fingerprint density at radius 3 is 2.26 bits per heavy atom. The lowest BCUT2D eigenvalue weighted by Gasteiger charge is -2.19. The molecule has 2 aromatic carbocycles. The van der Waals surface area contributed by atoms with Crippen LogP contribution in [0.25, 0.3) is 0 Å². The number of halogens is 1. The Labute approximate surface area is 138 Å². The average Bonchev–Trinajstić information content (AvgIpc) is 2.53. The van der Waals surface area contributed by atoms with Gasteiger partial charge in [0.25, 0.3) is 0 Å². The van der Waals surface area contributed by atoms with Crippen LogP contribution in [-0.2, 0) is 0 Å². The lowest BCUT2D eigenvalue weighted by molar-refractivity contribution is 0.0943. The lowest BCUT2D eigenvalue weighted by atomic mass is 9.93. The summed E-state index contributed by atoms with van der Waals surface area (Å²) < 4.78 is 5.65. The zero-order chi connectivity index (χ0) is 16.7. The molecule has 1 aliphatic carbocycles. The topological polar surface area (TPSA) is 69.4 Å². The third kappa shape index (κ3) is 2.51. The lowest BCUT2D eigenvalue weighted by Crippen LogP contribution is -2.23. The number of fused-ring (bicyclic) bond motifs is 1. The molecule has 3 rings (SSSR count). The van der Waals surface area contributed by atoms with Crippen molar-refractivity contribution in [2.45, 2.75) is 13.8 Å². The first-order valence-electron chi connectivity index (χ1n) is 7.03. The average molecular weight is 328 g/mol. The quantitative estimate of drug-likeness (QED) is 0.852. The van der Waals surface area contributed by atoms with Crippen molar-refractivity contribution in [3.8, 4) is 5.75 Å². The molecule has 0 atom stereocenters. The van der Waals surface area contributed by atoms with E-state index in [0.717, 1.165) is 11.1 Å². The Morgan fingerprint density at radius 2 is 1.61 bits per heavy atom. The van der Waals surface area contributed by atoms with Crippen molar-refractivity contribution in [1.29, 1.82) is 0 Å². The number of carbonyl (C=O) groups is 2. The fourth-order valence-electron chi connectivity index (χ4n) is 2.55. The summed E-state index contributed by atoms with van der Waals surface area (Å²) in [4.78, 5) is 24.9. The van der Waals surface area contributed by atoms with Crippen molar-refractivity contribution in [2.75, 3.05) is 5.73 Å². The highest BCUT2D eigenvalue weighted by Gasteiger charge is 2.33. The van der Waals surface area contributed by atoms with Gasteiger partial charge in [-0.25, -0.2) is 0 Å². The fraction of sp³-hybridized carbons (Fsp3) is 0.111. The predicted molar refractivity (Wildman–Crippen MR) is 88.9 cm³/mol. The third-order valence-corrected chi connectivity index (χ3v) is 4.07. The summed E-state index contributed by atoms with van der Waals surface area (Å²) in [7, 11) is 0. The SMILES string of the molecule is Cc1cc(C)c(N)c(OC2=C(Cl)C(=O)c3ccccc3C2=O)c1. The predicted octanol–water partition coefficient (Wildman–Crippen LogP) is 3.79. The highest BCUT2D eigenvalue weighted by Crippen LogP contribution is 2.34. The van der Waals surface area contributed by atoms with Gasteiger partial charge in [0, 0.05) is 11.1 Å². The number of nitrogen functional groups attached to an aromatic ring is 1. The third-order valence-electron chi connectivity index (χ3n) is 3.73. The van der Waals surface area contributed by atoms with Crippen LogP contribution in [0.4, 0.5) is 5.69 Å². The van der Waals surface area contributed by atoms with Gasteiger partial charge >= 0.3 is 0 Å². The first-order valence-corrected chi connectivity index (χ1v) is 7.40. The second-order valence-electron chi connectivity index (χ2n) is 5.44. The highest BCUT2D eigenvalue weighted by atomic mass is 35.5. The van der Waals surface area contributed by atoms with E-state index < -0.39 is 11.6 Å². The van der Waals surface area contributed by atoms with E-state index in [-0.39, 0.29) is 21.9 Å². The van der Waals surface area contributed by atoms with E-state index in [1.54, 1.807) is 30.3 Å². The van der Waals surface area contributed by atoms with Gasteiger partial charge in [0.1, 0.15) is 5.03 Å². The molecule has 5 heteroatoms. The molecule has 0 spiro atoms. The van der Waals surface area contributed by atoms with Gasteiger partial charge in [0.05, 0.1) is 5.69 Å². The van der Waals surface area contributed by atoms with Crippen molar-refractivity contribution in [1.82, 2.24) is 0 Å². The molecule has 0 unspecified atom stereocenters. The Bertz CT molecular complexity index is 884. The smallest absolute Gasteiger partial charge is 0.230 e. The summed E-state index contributed by atoms with van der Waals surface area (Å²) >= 11 is 6.08. The number of hydrogen-bond donors (Lipinski definition) is 1. The van der Waals surface area contributed by atoms with Gasteiger partial charge in [-0.2, -0.15) is 0 Å². The molecule has 1 aliphatic rings. The van der Waals surface area contributed by atoms with Crippen LogP contribution in [-0.4, -0.2) is 11.6 Å². The second kappa shape index (κ2) is 5.56. The maximum Gasteiger partial charge on any atom is 0.230 e. The number of benzene rings is 2. The van der Waals surface area contributed by atoms with Crippen molar-refractivity contribution in [3.05, 3.63) is 69.4 Å². The molecular weight excluding hydrogens is 314 g/mol. The number of Topliss-reactive ketones (excluding diaryl/α,β-unsaturated/α-hetero) is 2. The van der Waals surface area contributed by atoms with E-state index >= 15 is 0 Å². The number of anilines is 1. The maximum atomic E-state index is 12.6. The fourth-order valence-corrected chi connectivity index (χ4v) is 2.77. The molecule has 2 N–H and O–H groups in total. The van der Waals surface area contributed by atoms with Gasteiger partial charge in [-0.3, -0.25) is 9.59 Å². The molecule has 0 saturated carbocycles. The minimum atomic E-state index is -0.431. The van der Waals surface area contributed by atoms with E-state index in [9.17, 15) is 9.59 Å². The standard InChI is InChI=1S/C18H14ClNO3/c1-9-7-10(2)15(20)13(8-9)23-18-14(19)16(21)11-5-3-4-6-12(11)17(18)22/h3-8H,20H2,1-2H3. The van der Waals surface area contributed by atoms with Crippen molar-refractivity contribution >= 4 is 28.9 Å². The molecule has 0 bridgehead atoms. The van der Waals surface area contributed by atoms with Crippen molar-refractivity contribution in [2.24, 2.45) is 0 Å². The molecular formula is C18H14ClNO3. The number of ether oxygens (including phenoxy) is 1. The molecule has 0 aliphatic heterocycles. The Morgan fingerprint density at radius 1 is 1.00 bits per heavy atom. The largest absolute Gasteiger partial charge is 0.449 e. The number of carbonyl (C=O) groups excluding carboxylic acids is 2. The molecule has 23 heavy (non-hydrogen) atoms. The van der Waals surface area contributed by atoms with Gasteiger partial charge in [-0.15, -0.1) is 0 Å². The monoisotopic (exact) mass is 327 g/mol. The molecule has 116 valence electrons. The van der Waals surface area contributed by atoms with Gasteiger partial charge in [0.2, 0.25) is 11.6 Å². The summed E-state index contributed by atoms with van der Waals surface area (Å²) in [6.45, 7) is 3.73. The number of aryl methyl sites for hydroxylation is 2. The van der Waals surface area contributed by atoms with Gasteiger partial charge < -0.3 is 10.5 Å². The summed E-state index contributed by atoms with van der Waals surface area (Å²) in [5.74, 6) is -0.730. The summed E-state index contributed by atoms with van der Waals surface area (Å²) in [6, 6.07) is 10.1. The minimum absolute atomic E-state index is 0.188. The van der Waals surface area contributed by atoms with Gasteiger partial charge in [-0.1, -0.05) is 41.9 Å². The van der Waals surface area contributed by atoms with Crippen LogP contribution in [0.3, 0.4) is 0 Å². The summed E-state index contributed by atoms with van der Waals surface area (Å²) in [6.07, 6.45) is 0. The van der Waals surface area contributed by atoms with Crippen LogP contribution < -0.4 is 10.5 Å². The number of ketones is 2. The zero-order valence-corrected chi connectivity index (χ0v) is 13.4. The van der Waals surface area contributed by atoms with Crippen molar-refractivity contribution in [3.63, 3.8) is 0 Å². The summed E-state index contributed by atoms with van der Waals surface area (Å²) in [5.41, 5.74) is 8.72. The molecule has 0 amide bonds. The molecule has 0 aromatic heterocycles. The van der Waals surface area contributed by atoms with Crippen LogP contribution >= 0.6 is 11.6 Å². The van der Waals surface area contributed by atoms with E-state index in [4.69, 9.17) is 22.1 Å².